The highest BCUT2D eigenvalue weighted by molar-refractivity contribution is 6.01. The minimum atomic E-state index is 0. The molecule has 0 radical (unpaired) electrons. The molecule has 3 fully saturated rings. The molecule has 6 aromatic carbocycles. The molecule has 0 heterocycles. The van der Waals surface area contributed by atoms with Crippen LogP contribution < -0.4 is 14.2 Å². The van der Waals surface area contributed by atoms with Gasteiger partial charge in [0.2, 0.25) is 0 Å². The molecule has 0 N–H and O–H groups in total. The summed E-state index contributed by atoms with van der Waals surface area (Å²) >= 11 is 0. The van der Waals surface area contributed by atoms with E-state index in [1.807, 2.05) is 164 Å². The molecule has 0 amide bonds. The van der Waals surface area contributed by atoms with Crippen molar-refractivity contribution in [1.82, 2.24) is 0 Å². The van der Waals surface area contributed by atoms with Gasteiger partial charge in [0.1, 0.15) is 37.1 Å². The number of benzene rings is 6. The fraction of sp³-hybridized carbons (Fsp3) is 0.291. The number of rotatable bonds is 15. The van der Waals surface area contributed by atoms with Crippen molar-refractivity contribution in [3.05, 3.63) is 197 Å². The lowest BCUT2D eigenvalue weighted by Gasteiger charge is -2.07. The van der Waals surface area contributed by atoms with Crippen LogP contribution in [-0.4, -0.2) is 17.3 Å². The average molecular weight is 815 g/mol. The van der Waals surface area contributed by atoms with E-state index in [1.54, 1.807) is 0 Å². The normalized spacial score (nSPS) is 20.1. The van der Waals surface area contributed by atoms with E-state index < -0.39 is 0 Å². The molecule has 3 saturated carbocycles. The second-order valence-electron chi connectivity index (χ2n) is 16.5. The van der Waals surface area contributed by atoms with Crippen LogP contribution >= 0.6 is 0 Å². The summed E-state index contributed by atoms with van der Waals surface area (Å²) < 4.78 is 17.3. The zero-order valence-corrected chi connectivity index (χ0v) is 34.7. The minimum absolute atomic E-state index is 0. The molecule has 3 aliphatic rings. The molecule has 0 aliphatic heterocycles. The molecule has 2 unspecified atom stereocenters. The van der Waals surface area contributed by atoms with E-state index in [-0.39, 0.29) is 42.5 Å². The molecular weight excluding hydrogens is 757 g/mol. The van der Waals surface area contributed by atoms with Crippen LogP contribution in [0.2, 0.25) is 0 Å². The predicted octanol–water partition coefficient (Wildman–Crippen LogP) is 12.9. The molecule has 6 aromatic rings. The number of ether oxygens (including phenoxy) is 3. The van der Waals surface area contributed by atoms with Gasteiger partial charge >= 0.3 is 0 Å². The van der Waals surface area contributed by atoms with E-state index in [1.165, 1.54) is 0 Å². The van der Waals surface area contributed by atoms with Crippen molar-refractivity contribution in [3.8, 4) is 17.2 Å². The summed E-state index contributed by atoms with van der Waals surface area (Å²) in [6, 6.07) is 52.7. The third-order valence-corrected chi connectivity index (χ3v) is 11.4. The first-order valence-electron chi connectivity index (χ1n) is 21.1. The van der Waals surface area contributed by atoms with E-state index >= 15 is 0 Å². The van der Waals surface area contributed by atoms with Gasteiger partial charge in [-0.2, -0.15) is 0 Å². The van der Waals surface area contributed by atoms with Gasteiger partial charge in [-0.05, 0) is 90.1 Å². The van der Waals surface area contributed by atoms with Crippen molar-refractivity contribution >= 4 is 17.3 Å². The Balaban J connectivity index is 0.000000152. The topological polar surface area (TPSA) is 78.9 Å². The van der Waals surface area contributed by atoms with Gasteiger partial charge in [-0.15, -0.1) is 0 Å². The van der Waals surface area contributed by atoms with Gasteiger partial charge in [0.25, 0.3) is 0 Å². The summed E-state index contributed by atoms with van der Waals surface area (Å²) in [5, 5.41) is 0. The molecule has 314 valence electrons. The highest BCUT2D eigenvalue weighted by Gasteiger charge is 2.40. The summed E-state index contributed by atoms with van der Waals surface area (Å²) in [6.07, 6.45) is 3.07. The second kappa shape index (κ2) is 21.3. The lowest BCUT2D eigenvalue weighted by atomic mass is 10.1. The SMILES string of the molecule is C.CC1CC1C(=O)c1cccc(OCc2ccccc2)c1.C[C@@H]1C[C@H]1C(=O)c1cccc(OCc2ccccc2)c1.C[C@H]1C[C@@H]1C(=O)c1cccc(OCc2ccccc2)c1. The molecule has 0 saturated heterocycles. The van der Waals surface area contributed by atoms with Crippen LogP contribution in [0.4, 0.5) is 0 Å². The third kappa shape index (κ3) is 13.1. The summed E-state index contributed by atoms with van der Waals surface area (Å²) in [6.45, 7) is 7.95. The Hall–Kier alpha value is -6.27. The highest BCUT2D eigenvalue weighted by atomic mass is 16.5. The zero-order chi connectivity index (χ0) is 41.8. The molecule has 6 heteroatoms. The Morgan fingerprint density at radius 3 is 0.869 bits per heavy atom. The smallest absolute Gasteiger partial charge is 0.166 e. The summed E-state index contributed by atoms with van der Waals surface area (Å²) in [5.41, 5.74) is 5.68. The molecule has 61 heavy (non-hydrogen) atoms. The Morgan fingerprint density at radius 2 is 0.639 bits per heavy atom. The molecule has 0 spiro atoms. The standard InChI is InChI=1S/3C18H18O2.CH4/c3*1-13-10-17(13)18(19)15-8-5-9-16(11-15)20-12-14-6-3-2-4-7-14;/h3*2-9,11,13,17H,10,12H2,1H3;1H4/t2*13-,17-;;/m10../s1. The van der Waals surface area contributed by atoms with Crippen LogP contribution in [0.1, 0.15) is 95.2 Å². The summed E-state index contributed by atoms with van der Waals surface area (Å²) in [4.78, 5) is 36.6. The number of carbonyl (C=O) groups is 3. The first kappa shape index (κ1) is 44.3. The minimum Gasteiger partial charge on any atom is -0.489 e. The van der Waals surface area contributed by atoms with Crippen LogP contribution in [0.15, 0.2) is 164 Å². The van der Waals surface area contributed by atoms with Crippen LogP contribution in [0, 0.1) is 35.5 Å². The van der Waals surface area contributed by atoms with Gasteiger partial charge in [-0.25, -0.2) is 0 Å². The fourth-order valence-electron chi connectivity index (χ4n) is 7.14. The molecule has 0 aromatic heterocycles. The molecule has 6 atom stereocenters. The Kier molecular flexibility index (Phi) is 15.5. The van der Waals surface area contributed by atoms with E-state index in [9.17, 15) is 14.4 Å². The first-order valence-corrected chi connectivity index (χ1v) is 21.1. The quantitative estimate of drug-likeness (QED) is 0.0961. The Morgan fingerprint density at radius 1 is 0.393 bits per heavy atom. The number of Topliss-reactive ketones (excluding diaryl/α,β-unsaturated/α-hetero) is 3. The largest absolute Gasteiger partial charge is 0.489 e. The van der Waals surface area contributed by atoms with Crippen LogP contribution in [-0.2, 0) is 19.8 Å². The highest BCUT2D eigenvalue weighted by Crippen LogP contribution is 2.42. The second-order valence-corrected chi connectivity index (χ2v) is 16.5. The van der Waals surface area contributed by atoms with Crippen LogP contribution in [0.3, 0.4) is 0 Å². The van der Waals surface area contributed by atoms with E-state index in [4.69, 9.17) is 14.2 Å². The lowest BCUT2D eigenvalue weighted by molar-refractivity contribution is 0.0954. The van der Waals surface area contributed by atoms with Gasteiger partial charge in [0.15, 0.2) is 17.3 Å². The van der Waals surface area contributed by atoms with Gasteiger partial charge in [-0.1, -0.05) is 156 Å². The average Bonchev–Trinajstić information content (AvgIpc) is 4.26. The van der Waals surface area contributed by atoms with Crippen molar-refractivity contribution < 1.29 is 28.6 Å². The van der Waals surface area contributed by atoms with Crippen molar-refractivity contribution in [1.29, 1.82) is 0 Å². The van der Waals surface area contributed by atoms with Gasteiger partial charge in [-0.3, -0.25) is 14.4 Å². The number of carbonyl (C=O) groups excluding carboxylic acids is 3. The Bertz CT molecular complexity index is 2080. The maximum Gasteiger partial charge on any atom is 0.166 e. The van der Waals surface area contributed by atoms with Crippen LogP contribution in [0.25, 0.3) is 0 Å². The van der Waals surface area contributed by atoms with E-state index in [0.29, 0.717) is 37.6 Å². The first-order chi connectivity index (χ1) is 29.2. The maximum atomic E-state index is 12.2. The summed E-state index contributed by atoms with van der Waals surface area (Å²) in [5.74, 6) is 5.31. The zero-order valence-electron chi connectivity index (χ0n) is 34.7. The van der Waals surface area contributed by atoms with Crippen LogP contribution in [0.5, 0.6) is 17.2 Å². The van der Waals surface area contributed by atoms with Crippen molar-refractivity contribution in [2.75, 3.05) is 0 Å². The van der Waals surface area contributed by atoms with E-state index in [2.05, 4.69) is 20.8 Å². The monoisotopic (exact) mass is 814 g/mol. The summed E-state index contributed by atoms with van der Waals surface area (Å²) in [7, 11) is 0. The molecule has 3 aliphatic carbocycles. The number of hydrogen-bond acceptors (Lipinski definition) is 6. The van der Waals surface area contributed by atoms with Gasteiger partial charge in [0, 0.05) is 34.4 Å². The van der Waals surface area contributed by atoms with Crippen molar-refractivity contribution in [2.45, 2.75) is 67.3 Å². The molecule has 0 bridgehead atoms. The van der Waals surface area contributed by atoms with Gasteiger partial charge in [0.05, 0.1) is 0 Å². The number of ketones is 3. The lowest BCUT2D eigenvalue weighted by Crippen LogP contribution is -2.03. The molecular formula is C55H58O6. The van der Waals surface area contributed by atoms with Crippen molar-refractivity contribution in [2.24, 2.45) is 35.5 Å². The predicted molar refractivity (Wildman–Crippen MR) is 243 cm³/mol. The molecule has 9 rings (SSSR count). The maximum absolute atomic E-state index is 12.2. The van der Waals surface area contributed by atoms with E-state index in [0.717, 1.165) is 69.9 Å². The third-order valence-electron chi connectivity index (χ3n) is 11.4. The number of hydrogen-bond donors (Lipinski definition) is 0. The van der Waals surface area contributed by atoms with Gasteiger partial charge < -0.3 is 14.2 Å². The Labute approximate surface area is 361 Å². The van der Waals surface area contributed by atoms with Crippen molar-refractivity contribution in [3.63, 3.8) is 0 Å². The molecule has 6 nitrogen and oxygen atoms in total. The fourth-order valence-corrected chi connectivity index (χ4v) is 7.14.